The first-order chi connectivity index (χ1) is 10.4. The van der Waals surface area contributed by atoms with Crippen molar-refractivity contribution in [1.82, 2.24) is 4.98 Å². The molecule has 0 saturated heterocycles. The summed E-state index contributed by atoms with van der Waals surface area (Å²) in [5.74, 6) is 0.803. The molecule has 0 atom stereocenters. The van der Waals surface area contributed by atoms with Crippen LogP contribution in [0.4, 0.5) is 0 Å². The van der Waals surface area contributed by atoms with Gasteiger partial charge in [0.25, 0.3) is 0 Å². The third-order valence-electron chi connectivity index (χ3n) is 3.34. The summed E-state index contributed by atoms with van der Waals surface area (Å²) in [5.41, 5.74) is 3.09. The second kappa shape index (κ2) is 6.06. The van der Waals surface area contributed by atoms with Crippen LogP contribution in [0.3, 0.4) is 0 Å². The van der Waals surface area contributed by atoms with Crippen LogP contribution in [0.5, 0.6) is 5.75 Å². The molecule has 0 N–H and O–H groups in total. The van der Waals surface area contributed by atoms with Crippen LogP contribution >= 0.6 is 0 Å². The fraction of sp³-hybridized carbons (Fsp3) is 0.111. The van der Waals surface area contributed by atoms with Gasteiger partial charge in [0.05, 0.1) is 18.0 Å². The van der Waals surface area contributed by atoms with Gasteiger partial charge in [0.15, 0.2) is 0 Å². The molecule has 3 aromatic rings. The molecule has 2 aromatic carbocycles. The molecule has 0 aliphatic heterocycles. The van der Waals surface area contributed by atoms with Crippen LogP contribution in [0, 0.1) is 11.3 Å². The molecule has 0 radical (unpaired) electrons. The second-order valence-corrected chi connectivity index (χ2v) is 4.75. The van der Waals surface area contributed by atoms with Crippen LogP contribution in [-0.4, -0.2) is 4.98 Å². The molecule has 102 valence electrons. The molecule has 3 nitrogen and oxygen atoms in total. The number of ether oxygens (including phenoxy) is 1. The highest BCUT2D eigenvalue weighted by atomic mass is 16.5. The van der Waals surface area contributed by atoms with Crippen LogP contribution in [0.2, 0.25) is 0 Å². The van der Waals surface area contributed by atoms with E-state index in [1.165, 1.54) is 0 Å². The lowest BCUT2D eigenvalue weighted by atomic mass is 10.1. The van der Waals surface area contributed by atoms with Crippen molar-refractivity contribution in [2.75, 3.05) is 0 Å². The molecule has 0 spiro atoms. The molecule has 0 unspecified atom stereocenters. The zero-order valence-corrected chi connectivity index (χ0v) is 11.5. The average molecular weight is 274 g/mol. The van der Waals surface area contributed by atoms with Crippen molar-refractivity contribution < 1.29 is 4.74 Å². The number of nitrogens with zero attached hydrogens (tertiary/aromatic N) is 2. The van der Waals surface area contributed by atoms with Gasteiger partial charge in [-0.3, -0.25) is 4.98 Å². The van der Waals surface area contributed by atoms with Crippen LogP contribution in [-0.2, 0) is 13.0 Å². The van der Waals surface area contributed by atoms with Crippen LogP contribution in [0.25, 0.3) is 10.9 Å². The van der Waals surface area contributed by atoms with Gasteiger partial charge in [0, 0.05) is 17.1 Å². The molecule has 0 aliphatic carbocycles. The van der Waals surface area contributed by atoms with Crippen LogP contribution in [0.15, 0.2) is 60.8 Å². The van der Waals surface area contributed by atoms with Gasteiger partial charge in [-0.1, -0.05) is 30.3 Å². The highest BCUT2D eigenvalue weighted by molar-refractivity contribution is 5.81. The molecular formula is C18H14N2O. The normalized spacial score (nSPS) is 10.2. The van der Waals surface area contributed by atoms with Crippen LogP contribution < -0.4 is 4.74 Å². The highest BCUT2D eigenvalue weighted by Gasteiger charge is 2.02. The summed E-state index contributed by atoms with van der Waals surface area (Å²) in [6.07, 6.45) is 2.23. The molecule has 0 aliphatic rings. The molecule has 3 rings (SSSR count). The summed E-state index contributed by atoms with van der Waals surface area (Å²) >= 11 is 0. The number of pyridine rings is 1. The summed E-state index contributed by atoms with van der Waals surface area (Å²) in [6.45, 7) is 0.501. The van der Waals surface area contributed by atoms with Crippen LogP contribution in [0.1, 0.15) is 11.1 Å². The molecular weight excluding hydrogens is 260 g/mol. The van der Waals surface area contributed by atoms with Gasteiger partial charge in [-0.05, 0) is 29.8 Å². The van der Waals surface area contributed by atoms with E-state index in [0.29, 0.717) is 13.0 Å². The number of nitriles is 1. The Morgan fingerprint density at radius 1 is 1.00 bits per heavy atom. The summed E-state index contributed by atoms with van der Waals surface area (Å²) in [4.78, 5) is 4.34. The first-order valence-corrected chi connectivity index (χ1v) is 6.78. The average Bonchev–Trinajstić information content (AvgIpc) is 2.54. The second-order valence-electron chi connectivity index (χ2n) is 4.75. The lowest BCUT2D eigenvalue weighted by molar-refractivity contribution is 0.307. The van der Waals surface area contributed by atoms with E-state index >= 15 is 0 Å². The van der Waals surface area contributed by atoms with Crippen molar-refractivity contribution >= 4 is 10.9 Å². The standard InChI is InChI=1S/C18H14N2O/c19-11-9-14-5-7-16(8-6-14)21-13-15-10-12-20-18-4-2-1-3-17(15)18/h1-8,10,12H,9,13H2. The smallest absolute Gasteiger partial charge is 0.119 e. The Bertz CT molecular complexity index is 783. The molecule has 1 heterocycles. The highest BCUT2D eigenvalue weighted by Crippen LogP contribution is 2.19. The van der Waals surface area contributed by atoms with Crippen molar-refractivity contribution in [3.05, 3.63) is 71.9 Å². The lowest BCUT2D eigenvalue weighted by Gasteiger charge is -2.09. The minimum atomic E-state index is 0.426. The molecule has 0 saturated carbocycles. The molecule has 21 heavy (non-hydrogen) atoms. The largest absolute Gasteiger partial charge is 0.489 e. The quantitative estimate of drug-likeness (QED) is 0.725. The number of benzene rings is 2. The van der Waals surface area contributed by atoms with E-state index in [-0.39, 0.29) is 0 Å². The Labute approximate surface area is 123 Å². The number of aromatic nitrogens is 1. The van der Waals surface area contributed by atoms with E-state index in [1.54, 1.807) is 6.20 Å². The summed E-state index contributed by atoms with van der Waals surface area (Å²) in [6, 6.07) is 19.8. The zero-order valence-electron chi connectivity index (χ0n) is 11.5. The lowest BCUT2D eigenvalue weighted by Crippen LogP contribution is -1.97. The topological polar surface area (TPSA) is 45.9 Å². The van der Waals surface area contributed by atoms with E-state index in [2.05, 4.69) is 17.1 Å². The van der Waals surface area contributed by atoms with E-state index in [1.807, 2.05) is 48.5 Å². The van der Waals surface area contributed by atoms with Gasteiger partial charge in [-0.2, -0.15) is 5.26 Å². The maximum atomic E-state index is 8.65. The van der Waals surface area contributed by atoms with E-state index < -0.39 is 0 Å². The van der Waals surface area contributed by atoms with E-state index in [4.69, 9.17) is 10.00 Å². The monoisotopic (exact) mass is 274 g/mol. The van der Waals surface area contributed by atoms with Crippen molar-refractivity contribution in [2.24, 2.45) is 0 Å². The molecule has 3 heteroatoms. The Morgan fingerprint density at radius 3 is 2.62 bits per heavy atom. The Morgan fingerprint density at radius 2 is 1.81 bits per heavy atom. The van der Waals surface area contributed by atoms with Gasteiger partial charge in [-0.25, -0.2) is 0 Å². The molecule has 1 aromatic heterocycles. The first-order valence-electron chi connectivity index (χ1n) is 6.78. The van der Waals surface area contributed by atoms with Crippen molar-refractivity contribution in [3.8, 4) is 11.8 Å². The Kier molecular flexibility index (Phi) is 3.79. The van der Waals surface area contributed by atoms with Gasteiger partial charge in [0.1, 0.15) is 12.4 Å². The van der Waals surface area contributed by atoms with E-state index in [0.717, 1.165) is 27.8 Å². The Balaban J connectivity index is 1.76. The predicted molar refractivity (Wildman–Crippen MR) is 81.8 cm³/mol. The fourth-order valence-corrected chi connectivity index (χ4v) is 2.24. The van der Waals surface area contributed by atoms with Gasteiger partial charge < -0.3 is 4.74 Å². The number of hydrogen-bond donors (Lipinski definition) is 0. The number of fused-ring (bicyclic) bond motifs is 1. The number of para-hydroxylation sites is 1. The van der Waals surface area contributed by atoms with Gasteiger partial charge in [-0.15, -0.1) is 0 Å². The SMILES string of the molecule is N#CCc1ccc(OCc2ccnc3ccccc23)cc1. The minimum Gasteiger partial charge on any atom is -0.489 e. The molecule has 0 fully saturated rings. The summed E-state index contributed by atoms with van der Waals surface area (Å²) in [5, 5.41) is 9.77. The van der Waals surface area contributed by atoms with Gasteiger partial charge in [0.2, 0.25) is 0 Å². The number of hydrogen-bond acceptors (Lipinski definition) is 3. The maximum absolute atomic E-state index is 8.65. The molecule has 0 amide bonds. The van der Waals surface area contributed by atoms with Gasteiger partial charge >= 0.3 is 0 Å². The maximum Gasteiger partial charge on any atom is 0.119 e. The van der Waals surface area contributed by atoms with Crippen molar-refractivity contribution in [2.45, 2.75) is 13.0 Å². The first kappa shape index (κ1) is 13.1. The third kappa shape index (κ3) is 3.01. The number of rotatable bonds is 4. The summed E-state index contributed by atoms with van der Waals surface area (Å²) in [7, 11) is 0. The van der Waals surface area contributed by atoms with E-state index in [9.17, 15) is 0 Å². The molecule has 0 bridgehead atoms. The van der Waals surface area contributed by atoms with Crippen molar-refractivity contribution in [1.29, 1.82) is 5.26 Å². The summed E-state index contributed by atoms with van der Waals surface area (Å²) < 4.78 is 5.82. The van der Waals surface area contributed by atoms with Crippen molar-refractivity contribution in [3.63, 3.8) is 0 Å². The third-order valence-corrected chi connectivity index (χ3v) is 3.34. The minimum absolute atomic E-state index is 0.426. The Hall–Kier alpha value is -2.86. The zero-order chi connectivity index (χ0) is 14.5. The fourth-order valence-electron chi connectivity index (χ4n) is 2.24. The predicted octanol–water partition coefficient (Wildman–Crippen LogP) is 3.88.